The van der Waals surface area contributed by atoms with E-state index in [0.717, 1.165) is 14.8 Å². The van der Waals surface area contributed by atoms with Crippen LogP contribution in [0.2, 0.25) is 0 Å². The molecule has 0 saturated carbocycles. The average molecular weight is 552 g/mol. The number of rotatable bonds is 6. The van der Waals surface area contributed by atoms with Gasteiger partial charge in [-0.25, -0.2) is 0 Å². The molecule has 1 N–H and O–H groups in total. The fourth-order valence-electron chi connectivity index (χ4n) is 2.57. The molecule has 0 saturated heterocycles. The van der Waals surface area contributed by atoms with E-state index in [0.29, 0.717) is 28.1 Å². The van der Waals surface area contributed by atoms with Gasteiger partial charge in [0.15, 0.2) is 11.5 Å². The number of benzene rings is 3. The van der Waals surface area contributed by atoms with Crippen LogP contribution in [-0.4, -0.2) is 13.0 Å². The predicted octanol–water partition coefficient (Wildman–Crippen LogP) is 6.20. The van der Waals surface area contributed by atoms with Crippen molar-refractivity contribution in [3.8, 4) is 11.5 Å². The van der Waals surface area contributed by atoms with Crippen molar-refractivity contribution in [3.63, 3.8) is 0 Å². The Morgan fingerprint density at radius 3 is 2.39 bits per heavy atom. The standard InChI is InChI=1S/C22H19BrINO3/c1-14-3-5-15(6-4-14)13-28-21-19(23)11-16(12-20(21)27-2)22(26)25-18-9-7-17(24)8-10-18/h3-12H,13H2,1-2H3,(H,25,26). The van der Waals surface area contributed by atoms with Gasteiger partial charge in [0.05, 0.1) is 11.6 Å². The lowest BCUT2D eigenvalue weighted by molar-refractivity contribution is 0.102. The van der Waals surface area contributed by atoms with Crippen molar-refractivity contribution in [1.29, 1.82) is 0 Å². The lowest BCUT2D eigenvalue weighted by Gasteiger charge is -2.15. The van der Waals surface area contributed by atoms with E-state index in [9.17, 15) is 4.79 Å². The number of methoxy groups -OCH3 is 1. The summed E-state index contributed by atoms with van der Waals surface area (Å²) in [7, 11) is 1.56. The molecule has 0 fully saturated rings. The molecule has 0 heterocycles. The van der Waals surface area contributed by atoms with Crippen LogP contribution in [0.4, 0.5) is 5.69 Å². The molecule has 1 amide bonds. The molecule has 0 atom stereocenters. The fourth-order valence-corrected chi connectivity index (χ4v) is 3.48. The number of amides is 1. The minimum atomic E-state index is -0.217. The number of hydrogen-bond donors (Lipinski definition) is 1. The zero-order valence-corrected chi connectivity index (χ0v) is 19.2. The van der Waals surface area contributed by atoms with Gasteiger partial charge in [0, 0.05) is 14.8 Å². The van der Waals surface area contributed by atoms with Gasteiger partial charge in [-0.1, -0.05) is 29.8 Å². The van der Waals surface area contributed by atoms with E-state index in [4.69, 9.17) is 9.47 Å². The van der Waals surface area contributed by atoms with E-state index in [1.54, 1.807) is 19.2 Å². The van der Waals surface area contributed by atoms with Crippen molar-refractivity contribution in [1.82, 2.24) is 0 Å². The maximum atomic E-state index is 12.6. The monoisotopic (exact) mass is 551 g/mol. The van der Waals surface area contributed by atoms with Gasteiger partial charge >= 0.3 is 0 Å². The lowest BCUT2D eigenvalue weighted by Crippen LogP contribution is -2.12. The molecule has 0 spiro atoms. The summed E-state index contributed by atoms with van der Waals surface area (Å²) in [6.07, 6.45) is 0. The number of halogens is 2. The third kappa shape index (κ3) is 5.26. The second-order valence-electron chi connectivity index (χ2n) is 6.22. The van der Waals surface area contributed by atoms with E-state index in [2.05, 4.69) is 43.8 Å². The maximum absolute atomic E-state index is 12.6. The van der Waals surface area contributed by atoms with Gasteiger partial charge in [0.25, 0.3) is 5.91 Å². The van der Waals surface area contributed by atoms with E-state index >= 15 is 0 Å². The summed E-state index contributed by atoms with van der Waals surface area (Å²) in [5.74, 6) is 0.841. The van der Waals surface area contributed by atoms with E-state index in [-0.39, 0.29) is 5.91 Å². The van der Waals surface area contributed by atoms with Crippen LogP contribution in [0, 0.1) is 10.5 Å². The molecule has 6 heteroatoms. The summed E-state index contributed by atoms with van der Waals surface area (Å²) in [5, 5.41) is 2.89. The second-order valence-corrected chi connectivity index (χ2v) is 8.32. The highest BCUT2D eigenvalue weighted by Crippen LogP contribution is 2.37. The smallest absolute Gasteiger partial charge is 0.255 e. The number of carbonyl (C=O) groups excluding carboxylic acids is 1. The maximum Gasteiger partial charge on any atom is 0.255 e. The quantitative estimate of drug-likeness (QED) is 0.371. The Kier molecular flexibility index (Phi) is 6.96. The largest absolute Gasteiger partial charge is 0.493 e. The normalized spacial score (nSPS) is 10.4. The van der Waals surface area contributed by atoms with Crippen LogP contribution in [0.3, 0.4) is 0 Å². The highest BCUT2D eigenvalue weighted by Gasteiger charge is 2.16. The third-order valence-electron chi connectivity index (χ3n) is 4.10. The highest BCUT2D eigenvalue weighted by atomic mass is 127. The van der Waals surface area contributed by atoms with Crippen molar-refractivity contribution in [2.75, 3.05) is 12.4 Å². The first kappa shape index (κ1) is 20.7. The van der Waals surface area contributed by atoms with E-state index in [1.807, 2.05) is 55.5 Å². The number of hydrogen-bond acceptors (Lipinski definition) is 3. The molecular formula is C22H19BrINO3. The van der Waals surface area contributed by atoms with Crippen LogP contribution in [-0.2, 0) is 6.61 Å². The average Bonchev–Trinajstić information content (AvgIpc) is 2.69. The van der Waals surface area contributed by atoms with Gasteiger partial charge in [-0.05, 0) is 87.4 Å². The van der Waals surface area contributed by atoms with Crippen molar-refractivity contribution in [2.24, 2.45) is 0 Å². The summed E-state index contributed by atoms with van der Waals surface area (Å²) in [6.45, 7) is 2.45. The first-order valence-corrected chi connectivity index (χ1v) is 10.5. The molecule has 28 heavy (non-hydrogen) atoms. The zero-order chi connectivity index (χ0) is 20.1. The molecule has 0 aromatic heterocycles. The summed E-state index contributed by atoms with van der Waals surface area (Å²) in [5.41, 5.74) is 3.47. The fraction of sp³-hybridized carbons (Fsp3) is 0.136. The molecule has 144 valence electrons. The Labute approximate surface area is 186 Å². The first-order valence-electron chi connectivity index (χ1n) is 8.59. The molecule has 0 bridgehead atoms. The Morgan fingerprint density at radius 2 is 1.75 bits per heavy atom. The van der Waals surface area contributed by atoms with Gasteiger partial charge in [0.1, 0.15) is 6.61 Å². The van der Waals surface area contributed by atoms with Gasteiger partial charge in [0.2, 0.25) is 0 Å². The second kappa shape index (κ2) is 9.43. The summed E-state index contributed by atoms with van der Waals surface area (Å²) < 4.78 is 13.2. The van der Waals surface area contributed by atoms with Gasteiger partial charge in [-0.15, -0.1) is 0 Å². The molecule has 0 radical (unpaired) electrons. The van der Waals surface area contributed by atoms with Crippen LogP contribution < -0.4 is 14.8 Å². The molecule has 3 aromatic rings. The van der Waals surface area contributed by atoms with E-state index in [1.165, 1.54) is 5.56 Å². The number of ether oxygens (including phenoxy) is 2. The molecule has 3 aromatic carbocycles. The molecule has 0 unspecified atom stereocenters. The van der Waals surface area contributed by atoms with Crippen molar-refractivity contribution in [2.45, 2.75) is 13.5 Å². The highest BCUT2D eigenvalue weighted by molar-refractivity contribution is 14.1. The van der Waals surface area contributed by atoms with Gasteiger partial charge < -0.3 is 14.8 Å². The zero-order valence-electron chi connectivity index (χ0n) is 15.5. The Morgan fingerprint density at radius 1 is 1.07 bits per heavy atom. The Balaban J connectivity index is 1.77. The van der Waals surface area contributed by atoms with Crippen LogP contribution in [0.15, 0.2) is 65.1 Å². The molecular weight excluding hydrogens is 533 g/mol. The summed E-state index contributed by atoms with van der Waals surface area (Å²) in [4.78, 5) is 12.6. The number of carbonyl (C=O) groups is 1. The van der Waals surface area contributed by atoms with Gasteiger partial charge in [-0.2, -0.15) is 0 Å². The number of aryl methyl sites for hydroxylation is 1. The molecule has 0 aliphatic heterocycles. The molecule has 0 aliphatic carbocycles. The van der Waals surface area contributed by atoms with E-state index < -0.39 is 0 Å². The Bertz CT molecular complexity index is 972. The van der Waals surface area contributed by atoms with Gasteiger partial charge in [-0.3, -0.25) is 4.79 Å². The SMILES string of the molecule is COc1cc(C(=O)Nc2ccc(I)cc2)cc(Br)c1OCc1ccc(C)cc1. The molecule has 0 aliphatic rings. The minimum absolute atomic E-state index is 0.217. The van der Waals surface area contributed by atoms with Crippen molar-refractivity contribution >= 4 is 50.1 Å². The Hall–Kier alpha value is -2.06. The predicted molar refractivity (Wildman–Crippen MR) is 123 cm³/mol. The molecule has 3 rings (SSSR count). The minimum Gasteiger partial charge on any atom is -0.493 e. The number of anilines is 1. The number of nitrogens with one attached hydrogen (secondary N) is 1. The van der Waals surface area contributed by atoms with Crippen molar-refractivity contribution in [3.05, 3.63) is 85.4 Å². The van der Waals surface area contributed by atoms with Crippen LogP contribution in [0.5, 0.6) is 11.5 Å². The summed E-state index contributed by atoms with van der Waals surface area (Å²) in [6, 6.07) is 19.2. The van der Waals surface area contributed by atoms with Crippen LogP contribution in [0.1, 0.15) is 21.5 Å². The first-order chi connectivity index (χ1) is 13.5. The lowest BCUT2D eigenvalue weighted by atomic mass is 10.1. The molecule has 4 nitrogen and oxygen atoms in total. The topological polar surface area (TPSA) is 47.6 Å². The van der Waals surface area contributed by atoms with Crippen LogP contribution >= 0.6 is 38.5 Å². The van der Waals surface area contributed by atoms with Crippen molar-refractivity contribution < 1.29 is 14.3 Å². The summed E-state index contributed by atoms with van der Waals surface area (Å²) >= 11 is 5.72. The van der Waals surface area contributed by atoms with Crippen LogP contribution in [0.25, 0.3) is 0 Å². The third-order valence-corrected chi connectivity index (χ3v) is 5.41.